The van der Waals surface area contributed by atoms with Crippen LogP contribution in [0.4, 0.5) is 0 Å². The van der Waals surface area contributed by atoms with Crippen molar-refractivity contribution in [2.24, 2.45) is 5.92 Å². The summed E-state index contributed by atoms with van der Waals surface area (Å²) >= 11 is 1.71. The Hall–Kier alpha value is -2.94. The van der Waals surface area contributed by atoms with Crippen molar-refractivity contribution in [2.75, 3.05) is 13.1 Å². The Morgan fingerprint density at radius 3 is 2.45 bits per heavy atom. The fourth-order valence-electron chi connectivity index (χ4n) is 4.75. The SMILES string of the molecule is CC(=O)N1Cc2nc(-c3cccc(-c4cccc(C#CC5CCNCC5)c4C)c3C)sc2C1. The van der Waals surface area contributed by atoms with Gasteiger partial charge in [-0.3, -0.25) is 4.79 Å². The first kappa shape index (κ1) is 21.9. The van der Waals surface area contributed by atoms with E-state index in [2.05, 4.69) is 67.4 Å². The summed E-state index contributed by atoms with van der Waals surface area (Å²) in [5.41, 5.74) is 8.27. The Morgan fingerprint density at radius 1 is 1.03 bits per heavy atom. The summed E-state index contributed by atoms with van der Waals surface area (Å²) in [5, 5.41) is 4.45. The van der Waals surface area contributed by atoms with E-state index in [-0.39, 0.29) is 5.91 Å². The molecule has 0 unspecified atom stereocenters. The smallest absolute Gasteiger partial charge is 0.220 e. The second-order valence-corrected chi connectivity index (χ2v) is 10.1. The lowest BCUT2D eigenvalue weighted by Crippen LogP contribution is -2.26. The van der Waals surface area contributed by atoms with Crippen LogP contribution in [0, 0.1) is 31.6 Å². The minimum atomic E-state index is 0.110. The van der Waals surface area contributed by atoms with Crippen LogP contribution in [0.1, 0.15) is 47.0 Å². The van der Waals surface area contributed by atoms with Crippen LogP contribution >= 0.6 is 11.3 Å². The first-order valence-corrected chi connectivity index (χ1v) is 12.5. The van der Waals surface area contributed by atoms with Gasteiger partial charge in [0.25, 0.3) is 0 Å². The molecule has 0 aliphatic carbocycles. The van der Waals surface area contributed by atoms with Gasteiger partial charge in [-0.1, -0.05) is 42.2 Å². The summed E-state index contributed by atoms with van der Waals surface area (Å²) in [4.78, 5) is 19.7. The number of aromatic nitrogens is 1. The number of benzene rings is 2. The Balaban J connectivity index is 1.46. The van der Waals surface area contributed by atoms with Gasteiger partial charge >= 0.3 is 0 Å². The summed E-state index contributed by atoms with van der Waals surface area (Å²) in [6.45, 7) is 9.43. The van der Waals surface area contributed by atoms with Crippen molar-refractivity contribution in [3.63, 3.8) is 0 Å². The molecule has 1 fully saturated rings. The van der Waals surface area contributed by atoms with Crippen molar-refractivity contribution in [3.05, 3.63) is 63.7 Å². The van der Waals surface area contributed by atoms with Gasteiger partial charge in [0.1, 0.15) is 5.01 Å². The zero-order chi connectivity index (χ0) is 22.9. The summed E-state index contributed by atoms with van der Waals surface area (Å²) < 4.78 is 0. The third kappa shape index (κ3) is 4.34. The lowest BCUT2D eigenvalue weighted by molar-refractivity contribution is -0.129. The molecule has 33 heavy (non-hydrogen) atoms. The molecule has 4 nitrogen and oxygen atoms in total. The van der Waals surface area contributed by atoms with Crippen molar-refractivity contribution in [1.29, 1.82) is 0 Å². The first-order chi connectivity index (χ1) is 16.0. The fraction of sp³-hybridized carbons (Fsp3) is 0.357. The number of nitrogens with zero attached hydrogens (tertiary/aromatic N) is 2. The molecule has 5 rings (SSSR count). The van der Waals surface area contributed by atoms with E-state index in [1.165, 1.54) is 32.7 Å². The zero-order valence-electron chi connectivity index (χ0n) is 19.5. The van der Waals surface area contributed by atoms with Crippen LogP contribution < -0.4 is 5.32 Å². The maximum Gasteiger partial charge on any atom is 0.220 e. The van der Waals surface area contributed by atoms with Gasteiger partial charge in [-0.2, -0.15) is 0 Å². The lowest BCUT2D eigenvalue weighted by Gasteiger charge is -2.17. The van der Waals surface area contributed by atoms with Crippen molar-refractivity contribution in [1.82, 2.24) is 15.2 Å². The van der Waals surface area contributed by atoms with E-state index in [4.69, 9.17) is 4.98 Å². The van der Waals surface area contributed by atoms with Gasteiger partial charge < -0.3 is 10.2 Å². The molecule has 0 spiro atoms. The van der Waals surface area contributed by atoms with E-state index in [1.807, 2.05) is 4.90 Å². The number of rotatable bonds is 2. The maximum absolute atomic E-state index is 11.7. The average molecular weight is 456 g/mol. The molecular weight excluding hydrogens is 426 g/mol. The lowest BCUT2D eigenvalue weighted by atomic mass is 9.91. The van der Waals surface area contributed by atoms with Crippen LogP contribution in [-0.2, 0) is 17.9 Å². The molecule has 3 heterocycles. The molecule has 2 aliphatic rings. The molecule has 1 amide bonds. The number of carbonyl (C=O) groups excluding carboxylic acids is 1. The summed E-state index contributed by atoms with van der Waals surface area (Å²) in [6, 6.07) is 12.9. The van der Waals surface area contributed by atoms with Crippen molar-refractivity contribution >= 4 is 17.2 Å². The third-order valence-corrected chi connectivity index (χ3v) is 7.95. The molecule has 0 atom stereocenters. The zero-order valence-corrected chi connectivity index (χ0v) is 20.3. The number of nitrogens with one attached hydrogen (secondary N) is 1. The van der Waals surface area contributed by atoms with Gasteiger partial charge in [-0.25, -0.2) is 4.98 Å². The monoisotopic (exact) mass is 455 g/mol. The quantitative estimate of drug-likeness (QED) is 0.533. The average Bonchev–Trinajstić information content (AvgIpc) is 3.39. The van der Waals surface area contributed by atoms with Crippen LogP contribution in [-0.4, -0.2) is 28.9 Å². The molecule has 5 heteroatoms. The van der Waals surface area contributed by atoms with Crippen molar-refractivity contribution in [2.45, 2.75) is 46.7 Å². The number of hydrogen-bond acceptors (Lipinski definition) is 4. The van der Waals surface area contributed by atoms with E-state index in [0.717, 1.165) is 42.2 Å². The number of fused-ring (bicyclic) bond motifs is 1. The Morgan fingerprint density at radius 2 is 1.73 bits per heavy atom. The third-order valence-electron chi connectivity index (χ3n) is 6.84. The minimum Gasteiger partial charge on any atom is -0.332 e. The standard InChI is InChI=1S/C28H29N3OS/c1-18-22(11-10-21-12-14-29-15-13-21)6-4-7-23(18)24-8-5-9-25(19(24)2)28-30-26-16-31(20(3)32)17-27(26)33-28/h4-9,21,29H,12-17H2,1-3H3. The highest BCUT2D eigenvalue weighted by molar-refractivity contribution is 7.15. The topological polar surface area (TPSA) is 45.2 Å². The molecule has 0 bridgehead atoms. The van der Waals surface area contributed by atoms with Gasteiger partial charge in [0.05, 0.1) is 18.8 Å². The Bertz CT molecular complexity index is 1250. The van der Waals surface area contributed by atoms with Crippen LogP contribution in [0.25, 0.3) is 21.7 Å². The molecule has 1 N–H and O–H groups in total. The van der Waals surface area contributed by atoms with Gasteiger partial charge in [0.2, 0.25) is 5.91 Å². The fourth-order valence-corrected chi connectivity index (χ4v) is 5.92. The van der Waals surface area contributed by atoms with Crippen molar-refractivity contribution < 1.29 is 4.79 Å². The molecule has 1 saturated heterocycles. The largest absolute Gasteiger partial charge is 0.332 e. The number of amides is 1. The van der Waals surface area contributed by atoms with Gasteiger partial charge in [0, 0.05) is 28.8 Å². The molecule has 0 saturated carbocycles. The Kier molecular flexibility index (Phi) is 6.05. The van der Waals surface area contributed by atoms with E-state index >= 15 is 0 Å². The molecule has 0 radical (unpaired) electrons. The van der Waals surface area contributed by atoms with Gasteiger partial charge in [-0.15, -0.1) is 11.3 Å². The van der Waals surface area contributed by atoms with Crippen LogP contribution in [0.15, 0.2) is 36.4 Å². The molecule has 2 aliphatic heterocycles. The molecule has 168 valence electrons. The van der Waals surface area contributed by atoms with Crippen molar-refractivity contribution in [3.8, 4) is 33.5 Å². The summed E-state index contributed by atoms with van der Waals surface area (Å²) in [5.74, 6) is 7.59. The van der Waals surface area contributed by atoms with E-state index in [0.29, 0.717) is 19.0 Å². The normalized spacial score (nSPS) is 15.8. The van der Waals surface area contributed by atoms with Crippen LogP contribution in [0.2, 0.25) is 0 Å². The van der Waals surface area contributed by atoms with Crippen LogP contribution in [0.3, 0.4) is 0 Å². The second-order valence-electron chi connectivity index (χ2n) is 9.01. The molecular formula is C28H29N3OS. The summed E-state index contributed by atoms with van der Waals surface area (Å²) in [7, 11) is 0. The predicted molar refractivity (Wildman–Crippen MR) is 135 cm³/mol. The van der Waals surface area contributed by atoms with Gasteiger partial charge in [0.15, 0.2) is 0 Å². The summed E-state index contributed by atoms with van der Waals surface area (Å²) in [6.07, 6.45) is 2.27. The maximum atomic E-state index is 11.7. The highest BCUT2D eigenvalue weighted by atomic mass is 32.1. The number of thiazole rings is 1. The molecule has 2 aromatic carbocycles. The highest BCUT2D eigenvalue weighted by Gasteiger charge is 2.26. The molecule has 1 aromatic heterocycles. The van der Waals surface area contributed by atoms with Gasteiger partial charge in [-0.05, 0) is 68.1 Å². The van der Waals surface area contributed by atoms with E-state index in [9.17, 15) is 4.79 Å². The highest BCUT2D eigenvalue weighted by Crippen LogP contribution is 2.38. The Labute approximate surface area is 200 Å². The van der Waals surface area contributed by atoms with Crippen LogP contribution in [0.5, 0.6) is 0 Å². The number of hydrogen-bond donors (Lipinski definition) is 1. The van der Waals surface area contributed by atoms with E-state index in [1.54, 1.807) is 18.3 Å². The van der Waals surface area contributed by atoms with E-state index < -0.39 is 0 Å². The number of piperidine rings is 1. The second kappa shape index (κ2) is 9.13. The molecule has 3 aromatic rings. The predicted octanol–water partition coefficient (Wildman–Crippen LogP) is 5.31. The number of carbonyl (C=O) groups is 1. The minimum absolute atomic E-state index is 0.110. The first-order valence-electron chi connectivity index (χ1n) is 11.7.